The van der Waals surface area contributed by atoms with E-state index in [0.29, 0.717) is 23.4 Å². The average molecular weight is 316 g/mol. The van der Waals surface area contributed by atoms with Crippen molar-refractivity contribution in [3.8, 4) is 0 Å². The van der Waals surface area contributed by atoms with E-state index in [2.05, 4.69) is 10.6 Å². The average Bonchev–Trinajstić information content (AvgIpc) is 2.69. The van der Waals surface area contributed by atoms with Crippen molar-refractivity contribution in [2.45, 2.75) is 11.3 Å². The molecule has 3 rings (SSSR count). The van der Waals surface area contributed by atoms with Crippen LogP contribution in [0.2, 0.25) is 0 Å². The Morgan fingerprint density at radius 1 is 1.18 bits per heavy atom. The van der Waals surface area contributed by atoms with Gasteiger partial charge in [0.25, 0.3) is 5.91 Å². The fraction of sp³-hybridized carbons (Fsp3) is 0.125. The summed E-state index contributed by atoms with van der Waals surface area (Å²) >= 11 is 1.58. The van der Waals surface area contributed by atoms with Gasteiger partial charge in [0.05, 0.1) is 5.69 Å². The van der Waals surface area contributed by atoms with Crippen LogP contribution in [0, 0.1) is 5.82 Å². The first-order valence-electron chi connectivity index (χ1n) is 6.75. The summed E-state index contributed by atoms with van der Waals surface area (Å²) in [7, 11) is 0. The monoisotopic (exact) mass is 316 g/mol. The largest absolute Gasteiger partial charge is 0.325 e. The van der Waals surface area contributed by atoms with Gasteiger partial charge < -0.3 is 10.6 Å². The van der Waals surface area contributed by atoms with Crippen LogP contribution in [0.4, 0.5) is 15.8 Å². The number of carbonyl (C=O) groups is 2. The van der Waals surface area contributed by atoms with E-state index in [-0.39, 0.29) is 17.6 Å². The second-order valence-electron chi connectivity index (χ2n) is 4.82. The van der Waals surface area contributed by atoms with Crippen LogP contribution in [0.1, 0.15) is 16.8 Å². The third kappa shape index (κ3) is 3.28. The van der Waals surface area contributed by atoms with Gasteiger partial charge in [0.2, 0.25) is 5.91 Å². The summed E-state index contributed by atoms with van der Waals surface area (Å²) in [5.41, 5.74) is 1.60. The summed E-state index contributed by atoms with van der Waals surface area (Å²) in [6.07, 6.45) is 0.455. The number of halogens is 1. The molecule has 0 aliphatic carbocycles. The molecular weight excluding hydrogens is 303 g/mol. The number of hydrogen-bond donors (Lipinski definition) is 2. The highest BCUT2D eigenvalue weighted by molar-refractivity contribution is 7.99. The number of carbonyl (C=O) groups excluding carboxylic acids is 2. The minimum Gasteiger partial charge on any atom is -0.325 e. The maximum atomic E-state index is 12.9. The summed E-state index contributed by atoms with van der Waals surface area (Å²) in [5.74, 6) is 0.00275. The van der Waals surface area contributed by atoms with Crippen molar-refractivity contribution in [1.82, 2.24) is 0 Å². The molecule has 0 radical (unpaired) electrons. The molecule has 2 N–H and O–H groups in total. The molecule has 6 heteroatoms. The lowest BCUT2D eigenvalue weighted by molar-refractivity contribution is -0.115. The number of amides is 2. The maximum Gasteiger partial charge on any atom is 0.255 e. The van der Waals surface area contributed by atoms with E-state index in [1.165, 1.54) is 24.3 Å². The smallest absolute Gasteiger partial charge is 0.255 e. The van der Waals surface area contributed by atoms with Gasteiger partial charge in [0, 0.05) is 28.3 Å². The van der Waals surface area contributed by atoms with Gasteiger partial charge >= 0.3 is 0 Å². The molecule has 0 fully saturated rings. The Labute approximate surface area is 131 Å². The van der Waals surface area contributed by atoms with Gasteiger partial charge in [0.15, 0.2) is 0 Å². The lowest BCUT2D eigenvalue weighted by Gasteiger charge is -2.09. The van der Waals surface area contributed by atoms with Gasteiger partial charge in [-0.05, 0) is 42.5 Å². The molecule has 4 nitrogen and oxygen atoms in total. The van der Waals surface area contributed by atoms with Crippen LogP contribution in [-0.4, -0.2) is 17.6 Å². The molecule has 0 unspecified atom stereocenters. The van der Waals surface area contributed by atoms with Crippen molar-refractivity contribution in [2.24, 2.45) is 0 Å². The van der Waals surface area contributed by atoms with Crippen LogP contribution in [-0.2, 0) is 4.79 Å². The van der Waals surface area contributed by atoms with Crippen LogP contribution < -0.4 is 10.6 Å². The van der Waals surface area contributed by atoms with E-state index in [1.54, 1.807) is 23.9 Å². The fourth-order valence-electron chi connectivity index (χ4n) is 2.10. The lowest BCUT2D eigenvalue weighted by atomic mass is 10.1. The molecule has 2 aromatic rings. The second-order valence-corrected chi connectivity index (χ2v) is 5.96. The third-order valence-electron chi connectivity index (χ3n) is 3.20. The zero-order chi connectivity index (χ0) is 15.5. The normalized spacial score (nSPS) is 13.8. The summed E-state index contributed by atoms with van der Waals surface area (Å²) in [5, 5.41) is 5.49. The Bertz CT molecular complexity index is 731. The minimum atomic E-state index is -0.359. The molecule has 0 saturated carbocycles. The molecule has 0 spiro atoms. The molecule has 0 bridgehead atoms. The topological polar surface area (TPSA) is 58.2 Å². The molecule has 0 saturated heterocycles. The predicted molar refractivity (Wildman–Crippen MR) is 84.8 cm³/mol. The van der Waals surface area contributed by atoms with Crippen LogP contribution >= 0.6 is 11.8 Å². The number of benzene rings is 2. The van der Waals surface area contributed by atoms with E-state index in [1.807, 2.05) is 6.07 Å². The maximum absolute atomic E-state index is 12.9. The molecular formula is C16H13FN2O2S. The first-order chi connectivity index (χ1) is 10.6. The molecule has 1 heterocycles. The number of anilines is 2. The molecule has 0 aromatic heterocycles. The predicted octanol–water partition coefficient (Wildman–Crippen LogP) is 3.51. The zero-order valence-corrected chi connectivity index (χ0v) is 12.4. The van der Waals surface area contributed by atoms with Gasteiger partial charge in [-0.25, -0.2) is 4.39 Å². The molecule has 2 aromatic carbocycles. The summed E-state index contributed by atoms with van der Waals surface area (Å²) in [6.45, 7) is 0. The van der Waals surface area contributed by atoms with Gasteiger partial charge in [-0.2, -0.15) is 0 Å². The number of rotatable bonds is 2. The molecule has 1 aliphatic rings. The summed E-state index contributed by atoms with van der Waals surface area (Å²) in [4.78, 5) is 24.8. The van der Waals surface area contributed by atoms with Crippen molar-refractivity contribution in [3.63, 3.8) is 0 Å². The van der Waals surface area contributed by atoms with E-state index in [4.69, 9.17) is 0 Å². The van der Waals surface area contributed by atoms with Gasteiger partial charge in [-0.3, -0.25) is 9.59 Å². The Morgan fingerprint density at radius 3 is 2.73 bits per heavy atom. The van der Waals surface area contributed by atoms with E-state index in [0.717, 1.165) is 10.6 Å². The lowest BCUT2D eigenvalue weighted by Crippen LogP contribution is -2.14. The van der Waals surface area contributed by atoms with E-state index < -0.39 is 0 Å². The zero-order valence-electron chi connectivity index (χ0n) is 11.6. The summed E-state index contributed by atoms with van der Waals surface area (Å²) in [6, 6.07) is 10.7. The Balaban J connectivity index is 1.81. The van der Waals surface area contributed by atoms with Gasteiger partial charge in [0.1, 0.15) is 5.82 Å². The molecule has 22 heavy (non-hydrogen) atoms. The van der Waals surface area contributed by atoms with Crippen LogP contribution in [0.15, 0.2) is 47.4 Å². The second kappa shape index (κ2) is 6.19. The molecule has 0 atom stereocenters. The first-order valence-corrected chi connectivity index (χ1v) is 7.74. The van der Waals surface area contributed by atoms with E-state index >= 15 is 0 Å². The highest BCUT2D eigenvalue weighted by Crippen LogP contribution is 2.31. The van der Waals surface area contributed by atoms with Gasteiger partial charge in [-0.1, -0.05) is 0 Å². The molecule has 1 aliphatic heterocycles. The minimum absolute atomic E-state index is 0.0534. The summed E-state index contributed by atoms with van der Waals surface area (Å²) < 4.78 is 12.9. The Hall–Kier alpha value is -2.34. The highest BCUT2D eigenvalue weighted by Gasteiger charge is 2.15. The van der Waals surface area contributed by atoms with Crippen molar-refractivity contribution < 1.29 is 14.0 Å². The Kier molecular flexibility index (Phi) is 4.11. The number of nitrogens with one attached hydrogen (secondary N) is 2. The van der Waals surface area contributed by atoms with Crippen molar-refractivity contribution in [2.75, 3.05) is 16.4 Å². The molecule has 112 valence electrons. The van der Waals surface area contributed by atoms with Crippen molar-refractivity contribution in [3.05, 3.63) is 53.8 Å². The highest BCUT2D eigenvalue weighted by atomic mass is 32.2. The van der Waals surface area contributed by atoms with Crippen LogP contribution in [0.25, 0.3) is 0 Å². The fourth-order valence-corrected chi connectivity index (χ4v) is 3.03. The SMILES string of the molecule is O=C1CCSc2ccc(C(=O)Nc3ccc(F)cc3)cc2N1. The number of thioether (sulfide) groups is 1. The quantitative estimate of drug-likeness (QED) is 0.891. The standard InChI is InChI=1S/C16H13FN2O2S/c17-11-2-4-12(5-3-11)18-16(21)10-1-6-14-13(9-10)19-15(20)7-8-22-14/h1-6,9H,7-8H2,(H,18,21)(H,19,20). The number of fused-ring (bicyclic) bond motifs is 1. The molecule has 2 amide bonds. The van der Waals surface area contributed by atoms with Gasteiger partial charge in [-0.15, -0.1) is 11.8 Å². The van der Waals surface area contributed by atoms with Crippen LogP contribution in [0.3, 0.4) is 0 Å². The van der Waals surface area contributed by atoms with Crippen molar-refractivity contribution >= 4 is 35.0 Å². The first kappa shape index (κ1) is 14.6. The van der Waals surface area contributed by atoms with Crippen molar-refractivity contribution in [1.29, 1.82) is 0 Å². The third-order valence-corrected chi connectivity index (χ3v) is 4.28. The van der Waals surface area contributed by atoms with E-state index in [9.17, 15) is 14.0 Å². The van der Waals surface area contributed by atoms with Crippen LogP contribution in [0.5, 0.6) is 0 Å². The Morgan fingerprint density at radius 2 is 1.95 bits per heavy atom. The number of hydrogen-bond acceptors (Lipinski definition) is 3.